The maximum atomic E-state index is 14.7. The Balaban J connectivity index is 1.46. The van der Waals surface area contributed by atoms with Gasteiger partial charge in [-0.15, -0.1) is 0 Å². The van der Waals surface area contributed by atoms with Gasteiger partial charge in [-0.05, 0) is 48.2 Å². The van der Waals surface area contributed by atoms with Crippen molar-refractivity contribution in [1.29, 1.82) is 0 Å². The van der Waals surface area contributed by atoms with Gasteiger partial charge in [0.05, 0.1) is 11.9 Å². The van der Waals surface area contributed by atoms with Gasteiger partial charge < -0.3 is 20.1 Å². The molecular weight excluding hydrogens is 539 g/mol. The van der Waals surface area contributed by atoms with Gasteiger partial charge in [0.2, 0.25) is 0 Å². The highest BCUT2D eigenvalue weighted by atomic mass is 19.1. The van der Waals surface area contributed by atoms with Crippen LogP contribution in [0.15, 0.2) is 85.1 Å². The van der Waals surface area contributed by atoms with Crippen molar-refractivity contribution in [2.75, 3.05) is 6.54 Å². The molecule has 1 heterocycles. The number of hydrogen-bond donors (Lipinski definition) is 2. The van der Waals surface area contributed by atoms with Gasteiger partial charge in [0, 0.05) is 24.2 Å². The zero-order valence-corrected chi connectivity index (χ0v) is 23.5. The van der Waals surface area contributed by atoms with Gasteiger partial charge in [-0.2, -0.15) is 5.10 Å². The summed E-state index contributed by atoms with van der Waals surface area (Å²) in [7, 11) is 0. The maximum Gasteiger partial charge on any atom is 0.408 e. The van der Waals surface area contributed by atoms with E-state index in [0.717, 1.165) is 28.5 Å². The van der Waals surface area contributed by atoms with Crippen molar-refractivity contribution in [1.82, 2.24) is 20.4 Å². The molecule has 0 aliphatic rings. The number of amides is 2. The number of aryl methyl sites for hydroxylation is 2. The third kappa shape index (κ3) is 8.03. The highest BCUT2D eigenvalue weighted by Gasteiger charge is 2.25. The summed E-state index contributed by atoms with van der Waals surface area (Å²) in [5, 5.41) is 9.44. The van der Waals surface area contributed by atoms with E-state index in [4.69, 9.17) is 9.47 Å². The second kappa shape index (κ2) is 14.6. The Hall–Kier alpha value is -4.99. The van der Waals surface area contributed by atoms with Crippen molar-refractivity contribution in [2.24, 2.45) is 0 Å². The topological polar surface area (TPSA) is 112 Å². The number of benzene rings is 3. The van der Waals surface area contributed by atoms with E-state index in [0.29, 0.717) is 18.5 Å². The van der Waals surface area contributed by atoms with Crippen LogP contribution in [-0.4, -0.2) is 40.3 Å². The Bertz CT molecular complexity index is 1490. The molecule has 2 N–H and O–H groups in total. The van der Waals surface area contributed by atoms with Gasteiger partial charge in [0.15, 0.2) is 0 Å². The van der Waals surface area contributed by atoms with E-state index < -0.39 is 29.8 Å². The lowest BCUT2D eigenvalue weighted by Crippen LogP contribution is -2.49. The first kappa shape index (κ1) is 30.0. The average molecular weight is 573 g/mol. The van der Waals surface area contributed by atoms with Crippen molar-refractivity contribution in [2.45, 2.75) is 46.1 Å². The third-order valence-corrected chi connectivity index (χ3v) is 6.51. The molecule has 0 fully saturated rings. The van der Waals surface area contributed by atoms with Gasteiger partial charge >= 0.3 is 12.1 Å². The molecule has 0 unspecified atom stereocenters. The molecule has 0 radical (unpaired) electrons. The zero-order chi connectivity index (χ0) is 29.9. The fourth-order valence-corrected chi connectivity index (χ4v) is 4.34. The average Bonchev–Trinajstić information content (AvgIpc) is 3.45. The van der Waals surface area contributed by atoms with Crippen LogP contribution in [0.2, 0.25) is 0 Å². The Morgan fingerprint density at radius 3 is 2.17 bits per heavy atom. The second-order valence-electron chi connectivity index (χ2n) is 9.48. The number of halogens is 1. The summed E-state index contributed by atoms with van der Waals surface area (Å²) >= 11 is 0. The van der Waals surface area contributed by atoms with Gasteiger partial charge in [0.25, 0.3) is 5.91 Å². The summed E-state index contributed by atoms with van der Waals surface area (Å²) in [6.45, 7) is 4.13. The van der Waals surface area contributed by atoms with E-state index >= 15 is 0 Å². The number of nitrogens with zero attached hydrogens (tertiary/aromatic N) is 2. The molecule has 9 nitrogen and oxygen atoms in total. The number of carbonyl (C=O) groups is 3. The van der Waals surface area contributed by atoms with Crippen molar-refractivity contribution >= 4 is 18.0 Å². The lowest BCUT2D eigenvalue weighted by molar-refractivity contribution is -0.147. The molecule has 0 saturated carbocycles. The van der Waals surface area contributed by atoms with Crippen molar-refractivity contribution < 1.29 is 28.2 Å². The first-order valence-corrected chi connectivity index (χ1v) is 13.7. The summed E-state index contributed by atoms with van der Waals surface area (Å²) in [5.41, 5.74) is 3.75. The maximum absolute atomic E-state index is 14.7. The highest BCUT2D eigenvalue weighted by Crippen LogP contribution is 2.26. The predicted octanol–water partition coefficient (Wildman–Crippen LogP) is 5.04. The Kier molecular flexibility index (Phi) is 10.4. The van der Waals surface area contributed by atoms with Gasteiger partial charge in [0.1, 0.15) is 25.1 Å². The SMILES string of the molecule is CCc1cnn(CC)c1-c1cc(F)cc(C(=O)NC[C@@H](NC(=O)OCc2ccccc2)C(=O)OCc2ccccc2)c1. The summed E-state index contributed by atoms with van der Waals surface area (Å²) in [6.07, 6.45) is 1.56. The predicted molar refractivity (Wildman–Crippen MR) is 155 cm³/mol. The molecule has 218 valence electrons. The van der Waals surface area contributed by atoms with E-state index in [2.05, 4.69) is 15.7 Å². The van der Waals surface area contributed by atoms with Crippen LogP contribution in [-0.2, 0) is 40.4 Å². The number of nitrogens with one attached hydrogen (secondary N) is 2. The zero-order valence-electron chi connectivity index (χ0n) is 23.5. The lowest BCUT2D eigenvalue weighted by Gasteiger charge is -2.18. The quantitative estimate of drug-likeness (QED) is 0.230. The Labute approximate surface area is 243 Å². The molecular formula is C32H33FN4O5. The van der Waals surface area contributed by atoms with Crippen LogP contribution in [0, 0.1) is 5.82 Å². The van der Waals surface area contributed by atoms with Crippen LogP contribution in [0.25, 0.3) is 11.3 Å². The third-order valence-electron chi connectivity index (χ3n) is 6.51. The van der Waals surface area contributed by atoms with Crippen molar-refractivity contribution in [3.63, 3.8) is 0 Å². The van der Waals surface area contributed by atoms with Crippen LogP contribution in [0.1, 0.15) is 40.9 Å². The number of rotatable bonds is 12. The Morgan fingerprint density at radius 2 is 1.55 bits per heavy atom. The molecule has 0 bridgehead atoms. The fraction of sp³-hybridized carbons (Fsp3) is 0.250. The lowest BCUT2D eigenvalue weighted by atomic mass is 10.0. The summed E-state index contributed by atoms with van der Waals surface area (Å²) in [4.78, 5) is 38.7. The van der Waals surface area contributed by atoms with Crippen molar-refractivity contribution in [3.8, 4) is 11.3 Å². The van der Waals surface area contributed by atoms with E-state index in [1.807, 2.05) is 50.2 Å². The molecule has 10 heteroatoms. The number of aromatic nitrogens is 2. The fourth-order valence-electron chi connectivity index (χ4n) is 4.34. The number of esters is 1. The van der Waals surface area contributed by atoms with Crippen LogP contribution >= 0.6 is 0 Å². The van der Waals surface area contributed by atoms with E-state index in [1.54, 1.807) is 41.2 Å². The molecule has 3 aromatic carbocycles. The molecule has 42 heavy (non-hydrogen) atoms. The molecule has 0 aliphatic heterocycles. The van der Waals surface area contributed by atoms with Gasteiger partial charge in [-0.1, -0.05) is 67.6 Å². The van der Waals surface area contributed by atoms with Crippen molar-refractivity contribution in [3.05, 3.63) is 113 Å². The molecule has 4 aromatic rings. The number of hydrogen-bond acceptors (Lipinski definition) is 6. The molecule has 2 amide bonds. The molecule has 0 saturated heterocycles. The van der Waals surface area contributed by atoms with Gasteiger partial charge in [-0.25, -0.2) is 14.0 Å². The summed E-state index contributed by atoms with van der Waals surface area (Å²) < 4.78 is 27.1. The van der Waals surface area contributed by atoms with Crippen LogP contribution in [0.4, 0.5) is 9.18 Å². The molecule has 1 aromatic heterocycles. The summed E-state index contributed by atoms with van der Waals surface area (Å²) in [5.74, 6) is -1.99. The normalized spacial score (nSPS) is 11.4. The number of ether oxygens (including phenoxy) is 2. The molecule has 0 spiro atoms. The number of carbonyl (C=O) groups excluding carboxylic acids is 3. The minimum absolute atomic E-state index is 0.00895. The molecule has 0 aliphatic carbocycles. The van der Waals surface area contributed by atoms with Gasteiger partial charge in [-0.3, -0.25) is 9.48 Å². The first-order chi connectivity index (χ1) is 20.4. The summed E-state index contributed by atoms with van der Waals surface area (Å²) in [6, 6.07) is 20.9. The molecule has 1 atom stereocenters. The van der Waals surface area contributed by atoms with E-state index in [-0.39, 0.29) is 25.3 Å². The van der Waals surface area contributed by atoms with Crippen LogP contribution in [0.5, 0.6) is 0 Å². The second-order valence-corrected chi connectivity index (χ2v) is 9.48. The van der Waals surface area contributed by atoms with Crippen LogP contribution in [0.3, 0.4) is 0 Å². The highest BCUT2D eigenvalue weighted by molar-refractivity contribution is 5.96. The monoisotopic (exact) mass is 572 g/mol. The molecule has 4 rings (SSSR count). The Morgan fingerprint density at radius 1 is 0.905 bits per heavy atom. The number of alkyl carbamates (subject to hydrolysis) is 1. The van der Waals surface area contributed by atoms with E-state index in [9.17, 15) is 18.8 Å². The smallest absolute Gasteiger partial charge is 0.408 e. The minimum Gasteiger partial charge on any atom is -0.459 e. The first-order valence-electron chi connectivity index (χ1n) is 13.7. The minimum atomic E-state index is -1.26. The largest absolute Gasteiger partial charge is 0.459 e. The van der Waals surface area contributed by atoms with Crippen LogP contribution < -0.4 is 10.6 Å². The van der Waals surface area contributed by atoms with E-state index in [1.165, 1.54) is 6.07 Å². The standard InChI is InChI=1S/C32H33FN4O5/c1-3-24-18-35-37(4-2)29(24)25-15-26(17-27(33)16-25)30(38)34-19-28(31(39)41-20-22-11-7-5-8-12-22)36-32(40)42-21-23-13-9-6-10-14-23/h5-18,28H,3-4,19-21H2,1-2H3,(H,34,38)(H,36,40)/t28-/m1/s1.